The highest BCUT2D eigenvalue weighted by Gasteiger charge is 2.42. The molecule has 3 aromatic rings. The van der Waals surface area contributed by atoms with Gasteiger partial charge >= 0.3 is 5.97 Å². The van der Waals surface area contributed by atoms with Crippen molar-refractivity contribution in [1.29, 1.82) is 0 Å². The second-order valence-corrected chi connectivity index (χ2v) is 10.8. The first-order chi connectivity index (χ1) is 20.8. The summed E-state index contributed by atoms with van der Waals surface area (Å²) in [5, 5.41) is 13.9. The maximum atomic E-state index is 13.9. The van der Waals surface area contributed by atoms with Crippen molar-refractivity contribution in [2.24, 2.45) is 0 Å². The molecule has 0 radical (unpaired) electrons. The van der Waals surface area contributed by atoms with E-state index >= 15 is 0 Å². The highest BCUT2D eigenvalue weighted by Crippen LogP contribution is 2.48. The summed E-state index contributed by atoms with van der Waals surface area (Å²) in [7, 11) is 1.61. The number of phenolic OH excluding ortho intramolecular Hbond substituents is 1. The van der Waals surface area contributed by atoms with Crippen LogP contribution >= 0.6 is 11.6 Å². The second-order valence-electron chi connectivity index (χ2n) is 10.4. The van der Waals surface area contributed by atoms with Crippen LogP contribution in [0.3, 0.4) is 0 Å². The number of phenols is 1. The van der Waals surface area contributed by atoms with Gasteiger partial charge in [0.05, 0.1) is 24.3 Å². The number of allylic oxidation sites excluding steroid dienone is 3. The minimum atomic E-state index is -0.777. The van der Waals surface area contributed by atoms with E-state index in [0.29, 0.717) is 41.2 Å². The number of para-hydroxylation sites is 1. The third-order valence-corrected chi connectivity index (χ3v) is 7.94. The molecule has 3 aromatic carbocycles. The molecule has 2 aliphatic rings. The lowest BCUT2D eigenvalue weighted by Gasteiger charge is -2.37. The first kappa shape index (κ1) is 30.0. The highest BCUT2D eigenvalue weighted by atomic mass is 35.5. The number of dihydropyridines is 1. The number of hydrogen-bond donors (Lipinski definition) is 2. The van der Waals surface area contributed by atoms with Crippen molar-refractivity contribution in [3.63, 3.8) is 0 Å². The van der Waals surface area contributed by atoms with E-state index in [1.807, 2.05) is 54.6 Å². The average Bonchev–Trinajstić information content (AvgIpc) is 3.01. The quantitative estimate of drug-likeness (QED) is 0.202. The summed E-state index contributed by atoms with van der Waals surface area (Å²) in [6.07, 6.45) is 0.832. The lowest BCUT2D eigenvalue weighted by molar-refractivity contribution is -0.140. The Hall–Kier alpha value is -4.43. The molecule has 0 spiro atoms. The van der Waals surface area contributed by atoms with Crippen LogP contribution in [0.15, 0.2) is 89.3 Å². The number of ketones is 1. The molecule has 2 N–H and O–H groups in total. The normalized spacial score (nSPS) is 18.1. The number of benzene rings is 3. The van der Waals surface area contributed by atoms with Gasteiger partial charge in [0, 0.05) is 29.3 Å². The van der Waals surface area contributed by atoms with Gasteiger partial charge in [-0.05, 0) is 73.7 Å². The topological polar surface area (TPSA) is 103 Å². The summed E-state index contributed by atoms with van der Waals surface area (Å²) in [6, 6.07) is 20.2. The molecule has 0 aromatic heterocycles. The molecular weight excluding hydrogens is 570 g/mol. The van der Waals surface area contributed by atoms with Gasteiger partial charge < -0.3 is 29.4 Å². The van der Waals surface area contributed by atoms with Crippen LogP contribution in [0.2, 0.25) is 5.02 Å². The number of nitrogens with one attached hydrogen (secondary N) is 1. The SMILES string of the molecule is CCOc1cc([C@H]2C(C(=O)OCCOc3ccccc3)=C(C)NC3=C2C(=O)C[C@@H](c2ccc(OC)cc2)C3)cc(Cl)c1O. The number of methoxy groups -OCH3 is 1. The minimum Gasteiger partial charge on any atom is -0.503 e. The van der Waals surface area contributed by atoms with E-state index in [4.69, 9.17) is 30.5 Å². The predicted molar refractivity (Wildman–Crippen MR) is 163 cm³/mol. The molecule has 1 heterocycles. The van der Waals surface area contributed by atoms with Crippen LogP contribution in [0.4, 0.5) is 0 Å². The third-order valence-electron chi connectivity index (χ3n) is 7.65. The Labute approximate surface area is 255 Å². The monoisotopic (exact) mass is 603 g/mol. The molecule has 5 rings (SSSR count). The standard InChI is InChI=1S/C34H34ClNO7/c1-4-41-29-19-23(16-26(35)33(29)38)31-30(34(39)43-15-14-42-25-8-6-5-7-9-25)20(2)36-27-17-22(18-28(37)32(27)31)21-10-12-24(40-3)13-11-21/h5-13,16,19,22,31,36,38H,4,14-15,17-18H2,1-3H3/t22-,31-/m0/s1. The Bertz CT molecular complexity index is 1560. The highest BCUT2D eigenvalue weighted by molar-refractivity contribution is 6.32. The van der Waals surface area contributed by atoms with Crippen molar-refractivity contribution < 1.29 is 33.6 Å². The fourth-order valence-corrected chi connectivity index (χ4v) is 5.89. The van der Waals surface area contributed by atoms with Gasteiger partial charge in [-0.25, -0.2) is 4.79 Å². The van der Waals surface area contributed by atoms with Crippen molar-refractivity contribution in [2.45, 2.75) is 38.5 Å². The molecule has 0 amide bonds. The lowest BCUT2D eigenvalue weighted by atomic mass is 9.71. The summed E-state index contributed by atoms with van der Waals surface area (Å²) < 4.78 is 22.3. The number of aromatic hydroxyl groups is 1. The van der Waals surface area contributed by atoms with E-state index < -0.39 is 11.9 Å². The Morgan fingerprint density at radius 3 is 2.42 bits per heavy atom. The number of carbonyl (C=O) groups is 2. The van der Waals surface area contributed by atoms with Crippen LogP contribution in [0, 0.1) is 0 Å². The summed E-state index contributed by atoms with van der Waals surface area (Å²) >= 11 is 6.43. The van der Waals surface area contributed by atoms with E-state index in [9.17, 15) is 14.7 Å². The van der Waals surface area contributed by atoms with E-state index in [2.05, 4.69) is 5.32 Å². The molecule has 0 bridgehead atoms. The zero-order chi connectivity index (χ0) is 30.5. The molecule has 43 heavy (non-hydrogen) atoms. The molecule has 0 saturated heterocycles. The predicted octanol–water partition coefficient (Wildman–Crippen LogP) is 6.44. The molecule has 224 valence electrons. The number of ether oxygens (including phenoxy) is 4. The maximum Gasteiger partial charge on any atom is 0.336 e. The maximum absolute atomic E-state index is 13.9. The molecule has 0 saturated carbocycles. The molecule has 0 fully saturated rings. The fourth-order valence-electron chi connectivity index (χ4n) is 5.67. The van der Waals surface area contributed by atoms with E-state index in [1.165, 1.54) is 0 Å². The number of carbonyl (C=O) groups excluding carboxylic acids is 2. The van der Waals surface area contributed by atoms with Crippen molar-refractivity contribution in [2.75, 3.05) is 26.9 Å². The zero-order valence-corrected chi connectivity index (χ0v) is 25.1. The fraction of sp³-hybridized carbons (Fsp3) is 0.294. The van der Waals surface area contributed by atoms with Gasteiger partial charge in [-0.3, -0.25) is 4.79 Å². The van der Waals surface area contributed by atoms with Crippen LogP contribution in [-0.2, 0) is 14.3 Å². The third kappa shape index (κ3) is 6.49. The van der Waals surface area contributed by atoms with Gasteiger partial charge in [-0.15, -0.1) is 0 Å². The van der Waals surface area contributed by atoms with E-state index in [1.54, 1.807) is 33.1 Å². The van der Waals surface area contributed by atoms with Crippen molar-refractivity contribution in [3.05, 3.63) is 105 Å². The van der Waals surface area contributed by atoms with Gasteiger partial charge in [0.15, 0.2) is 17.3 Å². The zero-order valence-electron chi connectivity index (χ0n) is 24.3. The van der Waals surface area contributed by atoms with Crippen molar-refractivity contribution in [1.82, 2.24) is 5.32 Å². The first-order valence-corrected chi connectivity index (χ1v) is 14.6. The number of hydrogen-bond acceptors (Lipinski definition) is 8. The van der Waals surface area contributed by atoms with Crippen molar-refractivity contribution in [3.8, 4) is 23.0 Å². The second kappa shape index (κ2) is 13.3. The van der Waals surface area contributed by atoms with Crippen LogP contribution in [0.25, 0.3) is 0 Å². The summed E-state index contributed by atoms with van der Waals surface area (Å²) in [6.45, 7) is 4.05. The van der Waals surface area contributed by atoms with Gasteiger partial charge in [0.1, 0.15) is 24.7 Å². The van der Waals surface area contributed by atoms with Gasteiger partial charge in [-0.2, -0.15) is 0 Å². The summed E-state index contributed by atoms with van der Waals surface area (Å²) in [5.41, 5.74) is 3.65. The largest absolute Gasteiger partial charge is 0.503 e. The Morgan fingerprint density at radius 1 is 0.977 bits per heavy atom. The average molecular weight is 604 g/mol. The van der Waals surface area contributed by atoms with Gasteiger partial charge in [0.2, 0.25) is 0 Å². The number of Topliss-reactive ketones (excluding diaryl/α,β-unsaturated/α-hetero) is 1. The van der Waals surface area contributed by atoms with Crippen LogP contribution in [0.5, 0.6) is 23.0 Å². The molecule has 1 aliphatic carbocycles. The van der Waals surface area contributed by atoms with E-state index in [0.717, 1.165) is 17.0 Å². The Morgan fingerprint density at radius 2 is 1.72 bits per heavy atom. The first-order valence-electron chi connectivity index (χ1n) is 14.2. The molecule has 0 unspecified atom stereocenters. The molecule has 1 aliphatic heterocycles. The van der Waals surface area contributed by atoms with Gasteiger partial charge in [-0.1, -0.05) is 41.9 Å². The van der Waals surface area contributed by atoms with E-state index in [-0.39, 0.29) is 47.9 Å². The lowest BCUT2D eigenvalue weighted by Crippen LogP contribution is -2.36. The van der Waals surface area contributed by atoms with Gasteiger partial charge in [0.25, 0.3) is 0 Å². The molecule has 2 atom stereocenters. The smallest absolute Gasteiger partial charge is 0.336 e. The molecule has 9 heteroatoms. The number of esters is 1. The minimum absolute atomic E-state index is 0.0111. The van der Waals surface area contributed by atoms with Crippen LogP contribution < -0.4 is 19.5 Å². The Kier molecular flexibility index (Phi) is 9.26. The molecule has 8 nitrogen and oxygen atoms in total. The summed E-state index contributed by atoms with van der Waals surface area (Å²) in [5.74, 6) is -0.115. The Balaban J connectivity index is 1.48. The van der Waals surface area contributed by atoms with Crippen molar-refractivity contribution >= 4 is 23.4 Å². The summed E-state index contributed by atoms with van der Waals surface area (Å²) in [4.78, 5) is 27.6. The molecular formula is C34H34ClNO7. The number of halogens is 1. The van der Waals surface area contributed by atoms with Crippen LogP contribution in [0.1, 0.15) is 49.7 Å². The van der Waals surface area contributed by atoms with Crippen LogP contribution in [-0.4, -0.2) is 43.8 Å². The number of rotatable bonds is 10.